The molecule has 32 heavy (non-hydrogen) atoms. The average Bonchev–Trinajstić information content (AvgIpc) is 2.83. The van der Waals surface area contributed by atoms with E-state index >= 15 is 0 Å². The second kappa shape index (κ2) is 9.70. The number of aromatic amines is 1. The van der Waals surface area contributed by atoms with Crippen LogP contribution in [0.15, 0.2) is 101 Å². The molecule has 0 spiro atoms. The molecule has 0 aliphatic rings. The molecule has 0 saturated heterocycles. The molecule has 0 bridgehead atoms. The lowest BCUT2D eigenvalue weighted by atomic mass is 10.1. The lowest BCUT2D eigenvalue weighted by molar-refractivity contribution is 0.0727. The summed E-state index contributed by atoms with van der Waals surface area (Å²) >= 11 is 0. The number of carbonyl (C=O) groups excluding carboxylic acids is 1. The van der Waals surface area contributed by atoms with Crippen LogP contribution in [0, 0.1) is 0 Å². The van der Waals surface area contributed by atoms with Crippen LogP contribution in [-0.2, 0) is 19.6 Å². The van der Waals surface area contributed by atoms with Crippen LogP contribution >= 0.6 is 0 Å². The summed E-state index contributed by atoms with van der Waals surface area (Å²) in [5, 5.41) is 0. The summed E-state index contributed by atoms with van der Waals surface area (Å²) in [5.41, 5.74) is 1.11. The molecule has 1 N–H and O–H groups in total. The Bertz CT molecular complexity index is 1260. The van der Waals surface area contributed by atoms with Crippen LogP contribution in [-0.4, -0.2) is 25.3 Å². The predicted molar refractivity (Wildman–Crippen MR) is 121 cm³/mol. The number of carbonyl (C=O) groups is 1. The van der Waals surface area contributed by atoms with Gasteiger partial charge in [-0.25, -0.2) is 4.79 Å². The first-order chi connectivity index (χ1) is 15.6. The summed E-state index contributed by atoms with van der Waals surface area (Å²) < 4.78 is 0.999. The van der Waals surface area contributed by atoms with Gasteiger partial charge in [-0.1, -0.05) is 66.7 Å². The van der Waals surface area contributed by atoms with E-state index in [-0.39, 0.29) is 12.1 Å². The van der Waals surface area contributed by atoms with Crippen LogP contribution in [0.5, 0.6) is 0 Å². The van der Waals surface area contributed by atoms with E-state index in [1.165, 1.54) is 6.20 Å². The maximum absolute atomic E-state index is 13.5. The van der Waals surface area contributed by atoms with Crippen molar-refractivity contribution < 1.29 is 4.79 Å². The van der Waals surface area contributed by atoms with Crippen molar-refractivity contribution in [2.75, 3.05) is 0 Å². The van der Waals surface area contributed by atoms with Crippen LogP contribution in [0.4, 0.5) is 0 Å². The molecule has 0 aliphatic heterocycles. The van der Waals surface area contributed by atoms with Crippen molar-refractivity contribution in [3.63, 3.8) is 0 Å². The Morgan fingerprint density at radius 1 is 0.844 bits per heavy atom. The zero-order chi connectivity index (χ0) is 22.3. The van der Waals surface area contributed by atoms with E-state index < -0.39 is 17.2 Å². The molecule has 7 heteroatoms. The minimum Gasteiger partial charge on any atom is -0.330 e. The van der Waals surface area contributed by atoms with Crippen LogP contribution in [0.3, 0.4) is 0 Å². The summed E-state index contributed by atoms with van der Waals surface area (Å²) in [6, 6.07) is 24.4. The molecule has 2 aromatic carbocycles. The van der Waals surface area contributed by atoms with Gasteiger partial charge in [-0.3, -0.25) is 19.1 Å². The molecule has 0 fully saturated rings. The van der Waals surface area contributed by atoms with Gasteiger partial charge in [-0.05, 0) is 23.3 Å². The Balaban J connectivity index is 1.69. The first-order valence-electron chi connectivity index (χ1n) is 10.2. The fourth-order valence-electron chi connectivity index (χ4n) is 3.44. The zero-order valence-electron chi connectivity index (χ0n) is 17.3. The van der Waals surface area contributed by atoms with Gasteiger partial charge in [0.25, 0.3) is 11.5 Å². The molecule has 0 atom stereocenters. The van der Waals surface area contributed by atoms with Gasteiger partial charge < -0.3 is 9.88 Å². The second-order valence-corrected chi connectivity index (χ2v) is 7.35. The molecule has 4 aromatic rings. The second-order valence-electron chi connectivity index (χ2n) is 7.35. The van der Waals surface area contributed by atoms with Gasteiger partial charge in [-0.2, -0.15) is 0 Å². The third-order valence-electron chi connectivity index (χ3n) is 5.06. The standard InChI is InChI=1S/C25H22N4O3/c30-23(22-15-27-25(32)29(24(22)31)18-21-13-7-8-14-26-21)28(16-19-9-3-1-4-10-19)17-20-11-5-2-6-12-20/h1-15H,16-18H2,(H,27,32). The quantitative estimate of drug-likeness (QED) is 0.492. The van der Waals surface area contributed by atoms with Crippen LogP contribution in [0.2, 0.25) is 0 Å². The summed E-state index contributed by atoms with van der Waals surface area (Å²) in [7, 11) is 0. The van der Waals surface area contributed by atoms with E-state index in [9.17, 15) is 14.4 Å². The molecule has 1 amide bonds. The average molecular weight is 426 g/mol. The fourth-order valence-corrected chi connectivity index (χ4v) is 3.44. The molecule has 0 aliphatic carbocycles. The van der Waals surface area contributed by atoms with Crippen molar-refractivity contribution in [3.8, 4) is 0 Å². The molecule has 7 nitrogen and oxygen atoms in total. The normalized spacial score (nSPS) is 10.6. The van der Waals surface area contributed by atoms with Gasteiger partial charge >= 0.3 is 5.69 Å². The summed E-state index contributed by atoms with van der Waals surface area (Å²) in [4.78, 5) is 47.2. The van der Waals surface area contributed by atoms with Crippen LogP contribution in [0.25, 0.3) is 0 Å². The van der Waals surface area contributed by atoms with Crippen molar-refractivity contribution in [3.05, 3.63) is 134 Å². The van der Waals surface area contributed by atoms with Gasteiger partial charge in [0.15, 0.2) is 0 Å². The van der Waals surface area contributed by atoms with E-state index in [0.717, 1.165) is 15.7 Å². The molecule has 0 radical (unpaired) electrons. The van der Waals surface area contributed by atoms with Crippen molar-refractivity contribution in [1.82, 2.24) is 19.4 Å². The van der Waals surface area contributed by atoms with E-state index in [1.807, 2.05) is 60.7 Å². The number of hydrogen-bond donors (Lipinski definition) is 1. The molecule has 0 unspecified atom stereocenters. The van der Waals surface area contributed by atoms with Gasteiger partial charge in [-0.15, -0.1) is 0 Å². The smallest absolute Gasteiger partial charge is 0.328 e. The molecular formula is C25H22N4O3. The maximum atomic E-state index is 13.5. The molecular weight excluding hydrogens is 404 g/mol. The molecule has 160 valence electrons. The Hall–Kier alpha value is -4.26. The molecule has 2 aromatic heterocycles. The van der Waals surface area contributed by atoms with E-state index in [0.29, 0.717) is 18.8 Å². The number of aromatic nitrogens is 3. The maximum Gasteiger partial charge on any atom is 0.328 e. The highest BCUT2D eigenvalue weighted by atomic mass is 16.2. The summed E-state index contributed by atoms with van der Waals surface area (Å²) in [6.45, 7) is 0.633. The number of H-pyrrole nitrogens is 1. The van der Waals surface area contributed by atoms with Gasteiger partial charge in [0.1, 0.15) is 5.56 Å². The molecule has 0 saturated carbocycles. The number of hydrogen-bond acceptors (Lipinski definition) is 4. The molecule has 2 heterocycles. The number of amides is 1. The Morgan fingerprint density at radius 2 is 1.44 bits per heavy atom. The molecule has 4 rings (SSSR count). The Labute approximate surface area is 184 Å². The Morgan fingerprint density at radius 3 is 2.00 bits per heavy atom. The van der Waals surface area contributed by atoms with Crippen LogP contribution < -0.4 is 11.2 Å². The highest BCUT2D eigenvalue weighted by Gasteiger charge is 2.22. The van der Waals surface area contributed by atoms with Crippen molar-refractivity contribution in [2.24, 2.45) is 0 Å². The zero-order valence-corrected chi connectivity index (χ0v) is 17.3. The lowest BCUT2D eigenvalue weighted by Crippen LogP contribution is -2.42. The van der Waals surface area contributed by atoms with Gasteiger partial charge in [0, 0.05) is 25.5 Å². The number of pyridine rings is 1. The van der Waals surface area contributed by atoms with E-state index in [4.69, 9.17) is 0 Å². The number of rotatable bonds is 7. The number of benzene rings is 2. The largest absolute Gasteiger partial charge is 0.330 e. The van der Waals surface area contributed by atoms with Crippen molar-refractivity contribution >= 4 is 5.91 Å². The monoisotopic (exact) mass is 426 g/mol. The highest BCUT2D eigenvalue weighted by Crippen LogP contribution is 2.12. The predicted octanol–water partition coefficient (Wildman–Crippen LogP) is 2.82. The third-order valence-corrected chi connectivity index (χ3v) is 5.06. The summed E-state index contributed by atoms with van der Waals surface area (Å²) in [5.74, 6) is -0.450. The van der Waals surface area contributed by atoms with Gasteiger partial charge in [0.05, 0.1) is 12.2 Å². The third kappa shape index (κ3) is 4.89. The fraction of sp³-hybridized carbons (Fsp3) is 0.120. The van der Waals surface area contributed by atoms with E-state index in [2.05, 4.69) is 9.97 Å². The summed E-state index contributed by atoms with van der Waals surface area (Å²) in [6.07, 6.45) is 2.79. The minimum atomic E-state index is -0.643. The minimum absolute atomic E-state index is 0.0203. The SMILES string of the molecule is O=C(c1c[nH]c(=O)n(Cc2ccccn2)c1=O)N(Cc1ccccc1)Cc1ccccc1. The number of nitrogens with one attached hydrogen (secondary N) is 1. The Kier molecular flexibility index (Phi) is 6.36. The topological polar surface area (TPSA) is 88.1 Å². The first-order valence-corrected chi connectivity index (χ1v) is 10.2. The lowest BCUT2D eigenvalue weighted by Gasteiger charge is -2.23. The van der Waals surface area contributed by atoms with E-state index in [1.54, 1.807) is 29.3 Å². The number of nitrogens with zero attached hydrogens (tertiary/aromatic N) is 3. The van der Waals surface area contributed by atoms with Crippen molar-refractivity contribution in [1.29, 1.82) is 0 Å². The van der Waals surface area contributed by atoms with Gasteiger partial charge in [0.2, 0.25) is 0 Å². The van der Waals surface area contributed by atoms with Crippen molar-refractivity contribution in [2.45, 2.75) is 19.6 Å². The first kappa shape index (κ1) is 21.0. The highest BCUT2D eigenvalue weighted by molar-refractivity contribution is 5.93. The van der Waals surface area contributed by atoms with Crippen LogP contribution in [0.1, 0.15) is 27.2 Å².